The number of aromatic nitrogens is 4. The van der Waals surface area contributed by atoms with Crippen molar-refractivity contribution in [3.63, 3.8) is 0 Å². The maximum atomic E-state index is 15.7. The van der Waals surface area contributed by atoms with Crippen molar-refractivity contribution in [2.24, 2.45) is 0 Å². The minimum absolute atomic E-state index is 0.000565. The lowest BCUT2D eigenvalue weighted by Crippen LogP contribution is -2.37. The number of halogens is 2. The second-order valence-electron chi connectivity index (χ2n) is 9.06. The number of hydrogen-bond acceptors (Lipinski definition) is 7. The molecule has 1 unspecified atom stereocenters. The molecule has 1 aliphatic rings. The quantitative estimate of drug-likeness (QED) is 0.333. The van der Waals surface area contributed by atoms with Gasteiger partial charge in [-0.2, -0.15) is 5.10 Å². The van der Waals surface area contributed by atoms with E-state index in [1.165, 1.54) is 19.2 Å². The Bertz CT molecular complexity index is 1320. The van der Waals surface area contributed by atoms with Crippen molar-refractivity contribution < 1.29 is 18.1 Å². The Balaban J connectivity index is 1.67. The molecule has 3 N–H and O–H groups in total. The van der Waals surface area contributed by atoms with Crippen LogP contribution in [0, 0.1) is 5.82 Å². The van der Waals surface area contributed by atoms with Crippen LogP contribution in [0.4, 0.5) is 20.8 Å². The van der Waals surface area contributed by atoms with E-state index in [2.05, 4.69) is 35.2 Å². The molecule has 4 rings (SSSR count). The Kier molecular flexibility index (Phi) is 8.28. The second-order valence-corrected chi connectivity index (χ2v) is 11.0. The summed E-state index contributed by atoms with van der Waals surface area (Å²) in [6.07, 6.45) is 4.54. The number of ether oxygens (including phenoxy) is 1. The first kappa shape index (κ1) is 26.8. The van der Waals surface area contributed by atoms with Crippen molar-refractivity contribution >= 4 is 40.3 Å². The molecule has 0 radical (unpaired) electrons. The van der Waals surface area contributed by atoms with Crippen molar-refractivity contribution in [1.29, 1.82) is 0 Å². The van der Waals surface area contributed by atoms with E-state index in [4.69, 9.17) is 11.6 Å². The van der Waals surface area contributed by atoms with Gasteiger partial charge in [0, 0.05) is 47.2 Å². The number of carbonyl (C=O) groups is 1. The number of nitrogens with zero attached hydrogens (tertiary/aromatic N) is 4. The molecule has 2 atom stereocenters. The summed E-state index contributed by atoms with van der Waals surface area (Å²) in [5, 5.41) is 10.7. The predicted molar refractivity (Wildman–Crippen MR) is 142 cm³/mol. The van der Waals surface area contributed by atoms with Crippen molar-refractivity contribution in [3.05, 3.63) is 41.4 Å². The van der Waals surface area contributed by atoms with Gasteiger partial charge in [-0.25, -0.2) is 23.4 Å². The van der Waals surface area contributed by atoms with Crippen molar-refractivity contribution in [2.75, 3.05) is 23.7 Å². The van der Waals surface area contributed by atoms with E-state index in [0.717, 1.165) is 12.8 Å². The number of amides is 1. The first-order valence-electron chi connectivity index (χ1n) is 11.8. The third kappa shape index (κ3) is 6.55. The number of methoxy groups -OCH3 is 1. The van der Waals surface area contributed by atoms with E-state index in [-0.39, 0.29) is 33.6 Å². The Labute approximate surface area is 222 Å². The fourth-order valence-electron chi connectivity index (χ4n) is 3.50. The topological polar surface area (TPSA) is 123 Å². The Morgan fingerprint density at radius 3 is 2.73 bits per heavy atom. The smallest absolute Gasteiger partial charge is 0.407 e. The van der Waals surface area contributed by atoms with Crippen molar-refractivity contribution in [2.45, 2.75) is 50.9 Å². The van der Waals surface area contributed by atoms with Crippen LogP contribution in [0.2, 0.25) is 5.02 Å². The van der Waals surface area contributed by atoms with E-state index in [1.807, 2.05) is 20.8 Å². The highest BCUT2D eigenvalue weighted by Crippen LogP contribution is 2.38. The molecule has 0 spiro atoms. The lowest BCUT2D eigenvalue weighted by molar-refractivity contribution is 0.168. The summed E-state index contributed by atoms with van der Waals surface area (Å²) in [6, 6.07) is 4.39. The largest absolute Gasteiger partial charge is 0.453 e. The van der Waals surface area contributed by atoms with Gasteiger partial charge in [-0.15, -0.1) is 0 Å². The summed E-state index contributed by atoms with van der Waals surface area (Å²) in [6.45, 7) is 6.09. The van der Waals surface area contributed by atoms with E-state index < -0.39 is 22.9 Å². The number of benzene rings is 1. The molecule has 13 heteroatoms. The average molecular weight is 550 g/mol. The van der Waals surface area contributed by atoms with E-state index in [9.17, 15) is 9.00 Å². The van der Waals surface area contributed by atoms with Crippen LogP contribution in [-0.4, -0.2) is 55.0 Å². The Morgan fingerprint density at radius 1 is 1.30 bits per heavy atom. The molecule has 1 aliphatic carbocycles. The van der Waals surface area contributed by atoms with Gasteiger partial charge in [-0.05, 0) is 51.8 Å². The third-order valence-electron chi connectivity index (χ3n) is 5.64. The van der Waals surface area contributed by atoms with Gasteiger partial charge in [0.2, 0.25) is 5.95 Å². The normalized spacial score (nSPS) is 14.8. The van der Waals surface area contributed by atoms with E-state index in [0.29, 0.717) is 29.4 Å². The summed E-state index contributed by atoms with van der Waals surface area (Å²) >= 11 is 6.35. The van der Waals surface area contributed by atoms with Gasteiger partial charge in [0.1, 0.15) is 16.7 Å². The summed E-state index contributed by atoms with van der Waals surface area (Å²) in [5.41, 5.74) is 1.68. The molecule has 10 nitrogen and oxygen atoms in total. The summed E-state index contributed by atoms with van der Waals surface area (Å²) < 4.78 is 37.2. The molecule has 2 heterocycles. The van der Waals surface area contributed by atoms with Crippen LogP contribution in [0.5, 0.6) is 0 Å². The monoisotopic (exact) mass is 549 g/mol. The molecular weight excluding hydrogens is 521 g/mol. The van der Waals surface area contributed by atoms with Crippen LogP contribution in [0.1, 0.15) is 39.7 Å². The lowest BCUT2D eigenvalue weighted by Gasteiger charge is -2.14. The predicted octanol–water partition coefficient (Wildman–Crippen LogP) is 4.77. The fraction of sp³-hybridized carbons (Fsp3) is 0.417. The molecule has 0 bridgehead atoms. The van der Waals surface area contributed by atoms with Crippen molar-refractivity contribution in [1.82, 2.24) is 25.1 Å². The average Bonchev–Trinajstić information content (AvgIpc) is 3.63. The van der Waals surface area contributed by atoms with Crippen LogP contribution >= 0.6 is 11.6 Å². The molecule has 198 valence electrons. The van der Waals surface area contributed by atoms with Crippen LogP contribution in [0.25, 0.3) is 22.5 Å². The van der Waals surface area contributed by atoms with Gasteiger partial charge in [0.25, 0.3) is 0 Å². The highest BCUT2D eigenvalue weighted by atomic mass is 35.5. The maximum Gasteiger partial charge on any atom is 0.407 e. The van der Waals surface area contributed by atoms with Crippen LogP contribution in [0.15, 0.2) is 30.6 Å². The van der Waals surface area contributed by atoms with Gasteiger partial charge in [-0.1, -0.05) is 11.6 Å². The third-order valence-corrected chi connectivity index (χ3v) is 7.35. The number of alkyl carbamates (subject to hydrolysis) is 1. The summed E-state index contributed by atoms with van der Waals surface area (Å²) in [4.78, 5) is 20.2. The zero-order valence-corrected chi connectivity index (χ0v) is 22.5. The SMILES string of the molecule is COC(=O)N[C@@H](C)CNc1nccc(-c2cn(C(C)C)nc2-c2cc(Cl)cc(NS(=O)C3CC3)c2F)n1. The van der Waals surface area contributed by atoms with E-state index in [1.54, 1.807) is 23.1 Å². The first-order chi connectivity index (χ1) is 17.7. The molecular formula is C24H29ClFN7O3S. The lowest BCUT2D eigenvalue weighted by atomic mass is 10.0. The molecule has 1 fully saturated rings. The molecule has 1 amide bonds. The molecule has 0 saturated heterocycles. The molecule has 1 saturated carbocycles. The minimum Gasteiger partial charge on any atom is -0.453 e. The fourth-order valence-corrected chi connectivity index (χ4v) is 4.82. The van der Waals surface area contributed by atoms with E-state index >= 15 is 4.39 Å². The van der Waals surface area contributed by atoms with Crippen LogP contribution in [-0.2, 0) is 15.7 Å². The zero-order valence-electron chi connectivity index (χ0n) is 20.9. The van der Waals surface area contributed by atoms with Crippen LogP contribution < -0.4 is 15.4 Å². The molecule has 2 aromatic heterocycles. The maximum absolute atomic E-state index is 15.7. The number of anilines is 2. The first-order valence-corrected chi connectivity index (χ1v) is 13.4. The highest BCUT2D eigenvalue weighted by molar-refractivity contribution is 7.87. The Hall–Kier alpha value is -3.25. The zero-order chi connectivity index (χ0) is 26.7. The molecule has 0 aliphatic heterocycles. The van der Waals surface area contributed by atoms with Gasteiger partial charge in [-0.3, -0.25) is 4.68 Å². The highest BCUT2D eigenvalue weighted by Gasteiger charge is 2.30. The Morgan fingerprint density at radius 2 is 2.05 bits per heavy atom. The molecule has 3 aromatic rings. The number of rotatable bonds is 10. The minimum atomic E-state index is -1.39. The summed E-state index contributed by atoms with van der Waals surface area (Å²) in [7, 11) is -0.0927. The standard InChI is InChI=1S/C24H29ClFN7O3S/c1-13(2)33-12-18(19-7-8-27-23(30-19)28-11-14(3)29-24(34)36-4)22(31-33)17-9-15(25)10-20(21(17)26)32-37(35)16-5-6-16/h7-10,12-14,16,32H,5-6,11H2,1-4H3,(H,29,34)(H,27,28,30)/t14-,37?/m0/s1. The van der Waals surface area contributed by atoms with Gasteiger partial charge in [0.15, 0.2) is 5.82 Å². The molecule has 37 heavy (non-hydrogen) atoms. The van der Waals surface area contributed by atoms with Crippen LogP contribution in [0.3, 0.4) is 0 Å². The number of hydrogen-bond donors (Lipinski definition) is 3. The molecule has 1 aromatic carbocycles. The van der Waals surface area contributed by atoms with Gasteiger partial charge >= 0.3 is 6.09 Å². The van der Waals surface area contributed by atoms with Gasteiger partial charge in [0.05, 0.1) is 23.7 Å². The summed E-state index contributed by atoms with van der Waals surface area (Å²) in [5.74, 6) is -0.267. The number of nitrogens with one attached hydrogen (secondary N) is 3. The van der Waals surface area contributed by atoms with Crippen molar-refractivity contribution in [3.8, 4) is 22.5 Å². The number of carbonyl (C=O) groups excluding carboxylic acids is 1. The van der Waals surface area contributed by atoms with Gasteiger partial charge < -0.3 is 20.1 Å². The second kappa shape index (κ2) is 11.4.